The average molecular weight is 597 g/mol. The van der Waals surface area contributed by atoms with Gasteiger partial charge in [-0.05, 0) is 61.5 Å². The molecular formula is C31H27F3N2O5S. The predicted molar refractivity (Wildman–Crippen MR) is 150 cm³/mol. The Labute approximate surface area is 244 Å². The van der Waals surface area contributed by atoms with Gasteiger partial charge in [-0.15, -0.1) is 11.3 Å². The maximum atomic E-state index is 15.4. The number of ketones is 1. The minimum atomic E-state index is -1.28. The first-order valence-electron chi connectivity index (χ1n) is 13.3. The number of Topliss-reactive ketones (excluding diaryl/α,β-unsaturated/α-hetero) is 1. The van der Waals surface area contributed by atoms with Gasteiger partial charge in [-0.25, -0.2) is 18.0 Å². The standard InChI is InChI=1S/C31H27F3N2O5S/c1-3-40-30(38)25-19(23-6-5-13-42-23)15-22-26(28(25)37)24(16-7-9-17(32)10-8-16)27(31(39)41-4-2)29(35)36(22)21-12-11-18(33)14-20(21)34/h5-14,19,24-25H,3-4,15,35H2,1-2H3/t19-,24-,25-/m0/s1. The predicted octanol–water partition coefficient (Wildman–Crippen LogP) is 5.69. The van der Waals surface area contributed by atoms with E-state index in [1.54, 1.807) is 31.4 Å². The van der Waals surface area contributed by atoms with E-state index in [1.807, 2.05) is 0 Å². The highest BCUT2D eigenvalue weighted by molar-refractivity contribution is 7.10. The molecule has 1 aliphatic heterocycles. The first-order chi connectivity index (χ1) is 20.2. The number of anilines is 1. The Bertz CT molecular complexity index is 1600. The fourth-order valence-corrected chi connectivity index (χ4v) is 6.50. The molecule has 3 aromatic rings. The topological polar surface area (TPSA) is 98.9 Å². The minimum Gasteiger partial charge on any atom is -0.465 e. The summed E-state index contributed by atoms with van der Waals surface area (Å²) < 4.78 is 54.0. The normalized spacial score (nSPS) is 20.5. The lowest BCUT2D eigenvalue weighted by molar-refractivity contribution is -0.152. The molecule has 2 aromatic carbocycles. The lowest BCUT2D eigenvalue weighted by Crippen LogP contribution is -2.46. The fourth-order valence-electron chi connectivity index (χ4n) is 5.64. The van der Waals surface area contributed by atoms with Gasteiger partial charge < -0.3 is 15.2 Å². The van der Waals surface area contributed by atoms with Gasteiger partial charge >= 0.3 is 11.9 Å². The number of esters is 2. The number of thiophene rings is 1. The molecule has 1 aromatic heterocycles. The third kappa shape index (κ3) is 5.09. The van der Waals surface area contributed by atoms with E-state index in [0.29, 0.717) is 16.5 Å². The van der Waals surface area contributed by atoms with Gasteiger partial charge in [0.05, 0.1) is 30.4 Å². The zero-order chi connectivity index (χ0) is 30.1. The third-order valence-electron chi connectivity index (χ3n) is 7.34. The molecule has 0 amide bonds. The number of halogens is 3. The van der Waals surface area contributed by atoms with Crippen molar-refractivity contribution in [1.29, 1.82) is 0 Å². The maximum Gasteiger partial charge on any atom is 0.338 e. The van der Waals surface area contributed by atoms with Crippen LogP contribution in [0.2, 0.25) is 0 Å². The highest BCUT2D eigenvalue weighted by Crippen LogP contribution is 2.52. The number of carbonyl (C=O) groups is 3. The number of rotatable bonds is 7. The highest BCUT2D eigenvalue weighted by atomic mass is 32.1. The Balaban J connectivity index is 1.83. The van der Waals surface area contributed by atoms with Gasteiger partial charge in [0, 0.05) is 28.1 Å². The summed E-state index contributed by atoms with van der Waals surface area (Å²) in [5, 5.41) is 1.80. The van der Waals surface area contributed by atoms with Crippen LogP contribution in [0, 0.1) is 23.4 Å². The zero-order valence-electron chi connectivity index (χ0n) is 22.7. The summed E-state index contributed by atoms with van der Waals surface area (Å²) in [6.07, 6.45) is 0.0242. The highest BCUT2D eigenvalue weighted by Gasteiger charge is 2.51. The summed E-state index contributed by atoms with van der Waals surface area (Å²) in [6, 6.07) is 11.6. The molecule has 218 valence electrons. The van der Waals surface area contributed by atoms with Crippen LogP contribution in [-0.2, 0) is 23.9 Å². The van der Waals surface area contributed by atoms with Crippen molar-refractivity contribution in [3.8, 4) is 0 Å². The van der Waals surface area contributed by atoms with Crippen molar-refractivity contribution in [2.24, 2.45) is 11.7 Å². The van der Waals surface area contributed by atoms with Crippen molar-refractivity contribution in [1.82, 2.24) is 0 Å². The number of carbonyl (C=O) groups excluding carboxylic acids is 3. The molecule has 2 aliphatic rings. The van der Waals surface area contributed by atoms with Crippen molar-refractivity contribution in [2.45, 2.75) is 32.1 Å². The number of allylic oxidation sites excluding steroid dienone is 2. The Kier molecular flexibility index (Phi) is 8.22. The lowest BCUT2D eigenvalue weighted by Gasteiger charge is -2.43. The molecular weight excluding hydrogens is 569 g/mol. The van der Waals surface area contributed by atoms with Crippen LogP contribution in [0.4, 0.5) is 18.9 Å². The zero-order valence-corrected chi connectivity index (χ0v) is 23.6. The summed E-state index contributed by atoms with van der Waals surface area (Å²) in [7, 11) is 0. The number of ether oxygens (including phenoxy) is 2. The summed E-state index contributed by atoms with van der Waals surface area (Å²) >= 11 is 1.34. The monoisotopic (exact) mass is 596 g/mol. The number of nitrogens with two attached hydrogens (primary N) is 1. The summed E-state index contributed by atoms with van der Waals surface area (Å²) in [4.78, 5) is 43.3. The maximum absolute atomic E-state index is 15.4. The second-order valence-corrected chi connectivity index (χ2v) is 10.7. The largest absolute Gasteiger partial charge is 0.465 e. The number of benzene rings is 2. The number of hydrogen-bond acceptors (Lipinski definition) is 8. The fraction of sp³-hybridized carbons (Fsp3) is 0.258. The quantitative estimate of drug-likeness (QED) is 0.276. The van der Waals surface area contributed by atoms with Crippen molar-refractivity contribution in [3.05, 3.63) is 111 Å². The van der Waals surface area contributed by atoms with Crippen LogP contribution >= 0.6 is 11.3 Å². The van der Waals surface area contributed by atoms with Crippen LogP contribution in [0.3, 0.4) is 0 Å². The Morgan fingerprint density at radius 3 is 2.31 bits per heavy atom. The van der Waals surface area contributed by atoms with Crippen LogP contribution in [0.5, 0.6) is 0 Å². The molecule has 0 saturated heterocycles. The van der Waals surface area contributed by atoms with Crippen LogP contribution in [0.25, 0.3) is 0 Å². The van der Waals surface area contributed by atoms with Gasteiger partial charge in [0.25, 0.3) is 0 Å². The van der Waals surface area contributed by atoms with Crippen molar-refractivity contribution in [3.63, 3.8) is 0 Å². The number of nitrogens with zero attached hydrogens (tertiary/aromatic N) is 1. The summed E-state index contributed by atoms with van der Waals surface area (Å²) in [5.74, 6) is -8.05. The van der Waals surface area contributed by atoms with Crippen LogP contribution in [-0.4, -0.2) is 30.9 Å². The molecule has 2 N–H and O–H groups in total. The van der Waals surface area contributed by atoms with E-state index in [9.17, 15) is 23.2 Å². The first-order valence-corrected chi connectivity index (χ1v) is 14.2. The molecule has 42 heavy (non-hydrogen) atoms. The van der Waals surface area contributed by atoms with Gasteiger partial charge in [0.15, 0.2) is 5.78 Å². The molecule has 3 atom stereocenters. The van der Waals surface area contributed by atoms with Crippen molar-refractivity contribution < 1.29 is 37.0 Å². The van der Waals surface area contributed by atoms with Crippen LogP contribution < -0.4 is 10.6 Å². The van der Waals surface area contributed by atoms with E-state index in [1.165, 1.54) is 40.5 Å². The number of hydrogen-bond donors (Lipinski definition) is 1. The van der Waals surface area contributed by atoms with Crippen molar-refractivity contribution >= 4 is 34.7 Å². The Morgan fingerprint density at radius 2 is 1.69 bits per heavy atom. The molecule has 5 rings (SSSR count). The van der Waals surface area contributed by atoms with Gasteiger partial charge in [-0.3, -0.25) is 14.5 Å². The van der Waals surface area contributed by atoms with Gasteiger partial charge in [-0.2, -0.15) is 0 Å². The molecule has 11 heteroatoms. The molecule has 2 heterocycles. The molecule has 0 unspecified atom stereocenters. The minimum absolute atomic E-state index is 0.00607. The average Bonchev–Trinajstić information content (AvgIpc) is 3.49. The Morgan fingerprint density at radius 1 is 1.00 bits per heavy atom. The SMILES string of the molecule is CCOC(=O)C1=C(N)N(c2ccc(F)cc2F)C2=C(C(=O)[C@@H](C(=O)OCC)[C@H](c3cccs3)C2)[C@@H]1c1ccc(F)cc1. The van der Waals surface area contributed by atoms with Gasteiger partial charge in [0.2, 0.25) is 0 Å². The lowest BCUT2D eigenvalue weighted by atomic mass is 9.68. The first kappa shape index (κ1) is 29.1. The molecule has 0 radical (unpaired) electrons. The van der Waals surface area contributed by atoms with Crippen LogP contribution in [0.1, 0.15) is 42.5 Å². The van der Waals surface area contributed by atoms with Crippen LogP contribution in [0.15, 0.2) is 82.6 Å². The van der Waals surface area contributed by atoms with E-state index < -0.39 is 52.9 Å². The molecule has 1 aliphatic carbocycles. The Hall–Kier alpha value is -4.38. The molecule has 0 bridgehead atoms. The van der Waals surface area contributed by atoms with E-state index in [-0.39, 0.29) is 48.0 Å². The smallest absolute Gasteiger partial charge is 0.338 e. The van der Waals surface area contributed by atoms with Gasteiger partial charge in [0.1, 0.15) is 29.2 Å². The molecule has 0 spiro atoms. The van der Waals surface area contributed by atoms with E-state index in [2.05, 4.69) is 0 Å². The summed E-state index contributed by atoms with van der Waals surface area (Å²) in [5.41, 5.74) is 6.80. The second kappa shape index (κ2) is 11.8. The molecule has 0 fully saturated rings. The van der Waals surface area contributed by atoms with Crippen molar-refractivity contribution in [2.75, 3.05) is 18.1 Å². The van der Waals surface area contributed by atoms with E-state index in [0.717, 1.165) is 12.1 Å². The molecule has 0 saturated carbocycles. The third-order valence-corrected chi connectivity index (χ3v) is 8.34. The molecule has 7 nitrogen and oxygen atoms in total. The van der Waals surface area contributed by atoms with Gasteiger partial charge in [-0.1, -0.05) is 18.2 Å². The summed E-state index contributed by atoms with van der Waals surface area (Å²) in [6.45, 7) is 3.20. The van der Waals surface area contributed by atoms with E-state index in [4.69, 9.17) is 15.2 Å². The van der Waals surface area contributed by atoms with E-state index >= 15 is 4.39 Å². The second-order valence-electron chi connectivity index (χ2n) is 9.72.